The smallest absolute Gasteiger partial charge is 0.258 e. The lowest BCUT2D eigenvalue weighted by molar-refractivity contribution is -0.385. The van der Waals surface area contributed by atoms with Crippen molar-refractivity contribution < 1.29 is 9.85 Å². The van der Waals surface area contributed by atoms with Gasteiger partial charge in [0, 0.05) is 34.3 Å². The normalized spacial score (nSPS) is 9.30. The van der Waals surface area contributed by atoms with Gasteiger partial charge in [0.05, 0.1) is 9.85 Å². The SMILES string of the molecule is O=[N+]([O-])c1ccc(Cl)cc1.O=[N+]([O-])c1cccc(Cl)c1. The maximum absolute atomic E-state index is 10.1. The third-order valence-corrected chi connectivity index (χ3v) is 2.54. The first-order valence-electron chi connectivity index (χ1n) is 5.20. The van der Waals surface area contributed by atoms with Gasteiger partial charge in [0.1, 0.15) is 0 Å². The predicted octanol–water partition coefficient (Wildman–Crippen LogP) is 4.50. The van der Waals surface area contributed by atoms with E-state index < -0.39 is 9.85 Å². The number of hydrogen-bond acceptors (Lipinski definition) is 4. The van der Waals surface area contributed by atoms with Crippen molar-refractivity contribution >= 4 is 34.6 Å². The van der Waals surface area contributed by atoms with Crippen LogP contribution in [0.1, 0.15) is 0 Å². The summed E-state index contributed by atoms with van der Waals surface area (Å²) in [5, 5.41) is 21.1. The minimum Gasteiger partial charge on any atom is -0.258 e. The van der Waals surface area contributed by atoms with E-state index in [1.54, 1.807) is 12.1 Å². The van der Waals surface area contributed by atoms with Gasteiger partial charge >= 0.3 is 0 Å². The summed E-state index contributed by atoms with van der Waals surface area (Å²) in [4.78, 5) is 19.2. The van der Waals surface area contributed by atoms with Crippen molar-refractivity contribution in [3.8, 4) is 0 Å². The van der Waals surface area contributed by atoms with Crippen LogP contribution in [-0.2, 0) is 0 Å². The molecule has 0 saturated heterocycles. The molecule has 0 spiro atoms. The maximum Gasteiger partial charge on any atom is 0.270 e. The zero-order valence-corrected chi connectivity index (χ0v) is 11.4. The van der Waals surface area contributed by atoms with Gasteiger partial charge in [0.25, 0.3) is 11.4 Å². The molecule has 20 heavy (non-hydrogen) atoms. The van der Waals surface area contributed by atoms with Gasteiger partial charge < -0.3 is 0 Å². The minimum atomic E-state index is -0.480. The molecule has 0 bridgehead atoms. The minimum absolute atomic E-state index is 0.0208. The quantitative estimate of drug-likeness (QED) is 0.603. The number of hydrogen-bond donors (Lipinski definition) is 0. The molecule has 0 heterocycles. The first kappa shape index (κ1) is 15.9. The van der Waals surface area contributed by atoms with Gasteiger partial charge in [-0.2, -0.15) is 0 Å². The Morgan fingerprint density at radius 3 is 1.70 bits per heavy atom. The zero-order chi connectivity index (χ0) is 15.1. The molecule has 0 amide bonds. The molecule has 0 radical (unpaired) electrons. The van der Waals surface area contributed by atoms with Crippen molar-refractivity contribution in [3.05, 3.63) is 78.8 Å². The zero-order valence-electron chi connectivity index (χ0n) is 9.90. The van der Waals surface area contributed by atoms with E-state index in [0.717, 1.165) is 0 Å². The fourth-order valence-corrected chi connectivity index (χ4v) is 1.46. The van der Waals surface area contributed by atoms with E-state index in [-0.39, 0.29) is 11.4 Å². The molecule has 0 atom stereocenters. The number of halogens is 2. The molecule has 0 unspecified atom stereocenters. The highest BCUT2D eigenvalue weighted by Crippen LogP contribution is 2.16. The lowest BCUT2D eigenvalue weighted by Gasteiger charge is -1.89. The summed E-state index contributed by atoms with van der Waals surface area (Å²) in [6.07, 6.45) is 0. The standard InChI is InChI=1S/2C6H4ClNO2/c7-5-1-3-6(4-2-5)8(9)10;7-5-2-1-3-6(4-5)8(9)10/h2*1-4H. The third kappa shape index (κ3) is 5.21. The fraction of sp³-hybridized carbons (Fsp3) is 0. The van der Waals surface area contributed by atoms with Gasteiger partial charge in [0.2, 0.25) is 0 Å². The molecule has 2 rings (SSSR count). The Morgan fingerprint density at radius 2 is 1.30 bits per heavy atom. The molecule has 2 aromatic rings. The lowest BCUT2D eigenvalue weighted by Crippen LogP contribution is -1.85. The van der Waals surface area contributed by atoms with Gasteiger partial charge in [0.15, 0.2) is 0 Å². The summed E-state index contributed by atoms with van der Waals surface area (Å²) >= 11 is 11.0. The Morgan fingerprint density at radius 1 is 0.750 bits per heavy atom. The van der Waals surface area contributed by atoms with E-state index in [4.69, 9.17) is 23.2 Å². The van der Waals surface area contributed by atoms with Gasteiger partial charge in [-0.15, -0.1) is 0 Å². The molecule has 0 aliphatic carbocycles. The number of rotatable bonds is 2. The van der Waals surface area contributed by atoms with E-state index in [9.17, 15) is 20.2 Å². The van der Waals surface area contributed by atoms with E-state index in [0.29, 0.717) is 10.0 Å². The summed E-state index contributed by atoms with van der Waals surface area (Å²) in [7, 11) is 0. The molecule has 6 nitrogen and oxygen atoms in total. The molecule has 0 aromatic heterocycles. The van der Waals surface area contributed by atoms with Gasteiger partial charge in [-0.05, 0) is 18.2 Å². The van der Waals surface area contributed by atoms with E-state index >= 15 is 0 Å². The topological polar surface area (TPSA) is 86.3 Å². The summed E-state index contributed by atoms with van der Waals surface area (Å²) in [6, 6.07) is 11.5. The highest BCUT2D eigenvalue weighted by atomic mass is 35.5. The van der Waals surface area contributed by atoms with Crippen LogP contribution in [0.4, 0.5) is 11.4 Å². The monoisotopic (exact) mass is 314 g/mol. The summed E-state index contributed by atoms with van der Waals surface area (Å²) < 4.78 is 0. The Bertz CT molecular complexity index is 617. The van der Waals surface area contributed by atoms with E-state index in [1.165, 1.54) is 36.4 Å². The molecule has 8 heteroatoms. The second-order valence-corrected chi connectivity index (χ2v) is 4.34. The largest absolute Gasteiger partial charge is 0.270 e. The Hall–Kier alpha value is -2.18. The van der Waals surface area contributed by atoms with Gasteiger partial charge in [-0.1, -0.05) is 29.3 Å². The van der Waals surface area contributed by atoms with Crippen molar-refractivity contribution in [2.45, 2.75) is 0 Å². The van der Waals surface area contributed by atoms with Crippen molar-refractivity contribution in [3.63, 3.8) is 0 Å². The molecule has 104 valence electrons. The predicted molar refractivity (Wildman–Crippen MR) is 76.2 cm³/mol. The number of nitrogens with zero attached hydrogens (tertiary/aromatic N) is 2. The van der Waals surface area contributed by atoms with E-state index in [1.807, 2.05) is 0 Å². The Labute approximate surface area is 123 Å². The van der Waals surface area contributed by atoms with Crippen LogP contribution in [0.2, 0.25) is 10.0 Å². The van der Waals surface area contributed by atoms with Crippen molar-refractivity contribution in [1.29, 1.82) is 0 Å². The first-order valence-corrected chi connectivity index (χ1v) is 5.95. The number of benzene rings is 2. The summed E-state index contributed by atoms with van der Waals surface area (Å²) in [5.74, 6) is 0. The molecular formula is C12H8Cl2N2O4. The molecule has 0 saturated carbocycles. The van der Waals surface area contributed by atoms with Crippen molar-refractivity contribution in [2.24, 2.45) is 0 Å². The Kier molecular flexibility index (Phi) is 5.89. The lowest BCUT2D eigenvalue weighted by atomic mass is 10.3. The highest BCUT2D eigenvalue weighted by molar-refractivity contribution is 6.31. The molecule has 0 aliphatic heterocycles. The third-order valence-electron chi connectivity index (χ3n) is 2.06. The molecule has 0 fully saturated rings. The molecular weight excluding hydrogens is 307 g/mol. The van der Waals surface area contributed by atoms with Crippen LogP contribution in [0.5, 0.6) is 0 Å². The van der Waals surface area contributed by atoms with Crippen LogP contribution in [0, 0.1) is 20.2 Å². The van der Waals surface area contributed by atoms with Gasteiger partial charge in [-0.3, -0.25) is 20.2 Å². The number of nitro benzene ring substituents is 2. The van der Waals surface area contributed by atoms with Gasteiger partial charge in [-0.25, -0.2) is 0 Å². The fourth-order valence-electron chi connectivity index (χ4n) is 1.15. The number of non-ortho nitro benzene ring substituents is 2. The molecule has 0 N–H and O–H groups in total. The van der Waals surface area contributed by atoms with E-state index in [2.05, 4.69) is 0 Å². The average molecular weight is 315 g/mol. The molecule has 2 aromatic carbocycles. The Balaban J connectivity index is 0.000000200. The second-order valence-electron chi connectivity index (χ2n) is 3.47. The van der Waals surface area contributed by atoms with Crippen molar-refractivity contribution in [1.82, 2.24) is 0 Å². The van der Waals surface area contributed by atoms with Crippen LogP contribution >= 0.6 is 23.2 Å². The maximum atomic E-state index is 10.1. The van der Waals surface area contributed by atoms with Crippen LogP contribution < -0.4 is 0 Å². The van der Waals surface area contributed by atoms with Crippen LogP contribution in [-0.4, -0.2) is 9.85 Å². The van der Waals surface area contributed by atoms with Crippen LogP contribution in [0.25, 0.3) is 0 Å². The average Bonchev–Trinajstić information content (AvgIpc) is 2.40. The van der Waals surface area contributed by atoms with Crippen LogP contribution in [0.3, 0.4) is 0 Å². The number of nitro groups is 2. The highest BCUT2D eigenvalue weighted by Gasteiger charge is 2.03. The first-order chi connectivity index (χ1) is 9.40. The summed E-state index contributed by atoms with van der Waals surface area (Å²) in [6.45, 7) is 0. The second kappa shape index (κ2) is 7.42. The summed E-state index contributed by atoms with van der Waals surface area (Å²) in [5.41, 5.74) is 0.0805. The van der Waals surface area contributed by atoms with Crippen LogP contribution in [0.15, 0.2) is 48.5 Å². The molecule has 0 aliphatic rings. The van der Waals surface area contributed by atoms with Crippen molar-refractivity contribution in [2.75, 3.05) is 0 Å².